The van der Waals surface area contributed by atoms with Gasteiger partial charge >= 0.3 is 6.03 Å². The molecule has 2 aliphatic rings. The van der Waals surface area contributed by atoms with E-state index in [0.717, 1.165) is 23.5 Å². The first-order valence-corrected chi connectivity index (χ1v) is 8.69. The van der Waals surface area contributed by atoms with Gasteiger partial charge in [-0.25, -0.2) is 9.78 Å². The first-order valence-electron chi connectivity index (χ1n) is 7.81. The number of aromatic nitrogens is 1. The molecule has 2 fully saturated rings. The minimum atomic E-state index is -0.428. The third-order valence-corrected chi connectivity index (χ3v) is 5.44. The minimum Gasteiger partial charge on any atom is -0.347 e. The number of carbonyl (C=O) groups is 1. The molecule has 6 nitrogen and oxygen atoms in total. The molecule has 22 heavy (non-hydrogen) atoms. The number of rotatable bonds is 3. The molecule has 1 unspecified atom stereocenters. The molecule has 2 amide bonds. The third-order valence-electron chi connectivity index (χ3n) is 4.24. The van der Waals surface area contributed by atoms with E-state index in [0.29, 0.717) is 32.8 Å². The Hall–Kier alpha value is -1.18. The van der Waals surface area contributed by atoms with Crippen molar-refractivity contribution in [2.24, 2.45) is 0 Å². The average molecular weight is 325 g/mol. The van der Waals surface area contributed by atoms with Gasteiger partial charge in [-0.3, -0.25) is 0 Å². The van der Waals surface area contributed by atoms with Crippen LogP contribution in [0.25, 0.3) is 0 Å². The van der Waals surface area contributed by atoms with Gasteiger partial charge in [0.1, 0.15) is 0 Å². The molecule has 7 heteroatoms. The van der Waals surface area contributed by atoms with Crippen molar-refractivity contribution in [2.75, 3.05) is 32.8 Å². The van der Waals surface area contributed by atoms with Gasteiger partial charge in [0.05, 0.1) is 18.2 Å². The van der Waals surface area contributed by atoms with E-state index in [4.69, 9.17) is 9.47 Å². The van der Waals surface area contributed by atoms with Crippen LogP contribution in [0.2, 0.25) is 0 Å². The molecule has 0 aromatic carbocycles. The Balaban J connectivity index is 1.44. The van der Waals surface area contributed by atoms with Crippen molar-refractivity contribution < 1.29 is 14.3 Å². The molecule has 2 aliphatic heterocycles. The molecule has 0 radical (unpaired) electrons. The fourth-order valence-electron chi connectivity index (χ4n) is 2.87. The summed E-state index contributed by atoms with van der Waals surface area (Å²) in [4.78, 5) is 18.6. The molecule has 1 spiro atoms. The molecule has 0 bridgehead atoms. The molecule has 1 N–H and O–H groups in total. The lowest BCUT2D eigenvalue weighted by molar-refractivity contribution is -0.181. The highest BCUT2D eigenvalue weighted by Gasteiger charge is 2.40. The normalized spacial score (nSPS) is 22.0. The van der Waals surface area contributed by atoms with Crippen LogP contribution in [-0.4, -0.2) is 54.6 Å². The van der Waals surface area contributed by atoms with Gasteiger partial charge in [0.15, 0.2) is 5.79 Å². The Morgan fingerprint density at radius 1 is 1.45 bits per heavy atom. The summed E-state index contributed by atoms with van der Waals surface area (Å²) in [5.74, 6) is -0.192. The zero-order valence-electron chi connectivity index (χ0n) is 13.1. The number of likely N-dealkylation sites (tertiary alicyclic amines) is 1. The van der Waals surface area contributed by atoms with E-state index in [1.165, 1.54) is 0 Å². The maximum absolute atomic E-state index is 12.3. The Morgan fingerprint density at radius 2 is 2.14 bits per heavy atom. The standard InChI is InChI=1S/C15H23N3O3S/c1-11(13-17-12(2)10-22-13)9-16-14(19)18-5-3-15(4-6-18)20-7-8-21-15/h10-11H,3-9H2,1-2H3,(H,16,19). The summed E-state index contributed by atoms with van der Waals surface area (Å²) in [5, 5.41) is 6.12. The first-order chi connectivity index (χ1) is 10.6. The Kier molecular flexibility index (Phi) is 4.65. The van der Waals surface area contributed by atoms with Crippen LogP contribution in [0.4, 0.5) is 4.79 Å². The van der Waals surface area contributed by atoms with Crippen LogP contribution in [0.1, 0.15) is 36.4 Å². The van der Waals surface area contributed by atoms with Crippen molar-refractivity contribution >= 4 is 17.4 Å². The number of hydrogen-bond acceptors (Lipinski definition) is 5. The summed E-state index contributed by atoms with van der Waals surface area (Å²) in [5.41, 5.74) is 1.04. The number of thiazole rings is 1. The Morgan fingerprint density at radius 3 is 2.73 bits per heavy atom. The van der Waals surface area contributed by atoms with Crippen molar-refractivity contribution in [1.29, 1.82) is 0 Å². The molecule has 0 saturated carbocycles. The highest BCUT2D eigenvalue weighted by atomic mass is 32.1. The van der Waals surface area contributed by atoms with Crippen molar-refractivity contribution in [3.63, 3.8) is 0 Å². The first kappa shape index (κ1) is 15.7. The van der Waals surface area contributed by atoms with E-state index in [1.807, 2.05) is 17.2 Å². The van der Waals surface area contributed by atoms with Crippen LogP contribution in [0.3, 0.4) is 0 Å². The predicted molar refractivity (Wildman–Crippen MR) is 84.1 cm³/mol. The molecule has 3 rings (SSSR count). The summed E-state index contributed by atoms with van der Waals surface area (Å²) in [6.45, 7) is 7.37. The van der Waals surface area contributed by atoms with Crippen molar-refractivity contribution in [3.8, 4) is 0 Å². The van der Waals surface area contributed by atoms with Gasteiger partial charge in [-0.15, -0.1) is 11.3 Å². The number of aryl methyl sites for hydroxylation is 1. The van der Waals surface area contributed by atoms with Gasteiger partial charge < -0.3 is 19.7 Å². The highest BCUT2D eigenvalue weighted by molar-refractivity contribution is 7.09. The Labute approximate surface area is 134 Å². The summed E-state index contributed by atoms with van der Waals surface area (Å²) in [6, 6.07) is -0.00650. The number of carbonyl (C=O) groups excluding carboxylic acids is 1. The zero-order valence-corrected chi connectivity index (χ0v) is 13.9. The molecule has 122 valence electrons. The van der Waals surface area contributed by atoms with Crippen LogP contribution >= 0.6 is 11.3 Å². The molecule has 1 aromatic heterocycles. The topological polar surface area (TPSA) is 63.7 Å². The number of urea groups is 1. The molecule has 0 aliphatic carbocycles. The number of nitrogens with zero attached hydrogens (tertiary/aromatic N) is 2. The average Bonchev–Trinajstić information content (AvgIpc) is 3.15. The van der Waals surface area contributed by atoms with Crippen LogP contribution in [0, 0.1) is 6.92 Å². The monoisotopic (exact) mass is 325 g/mol. The van der Waals surface area contributed by atoms with Gasteiger partial charge in [0, 0.05) is 49.5 Å². The van der Waals surface area contributed by atoms with Crippen molar-refractivity contribution in [3.05, 3.63) is 16.1 Å². The van der Waals surface area contributed by atoms with E-state index in [2.05, 4.69) is 17.2 Å². The minimum absolute atomic E-state index is 0.00650. The number of ether oxygens (including phenoxy) is 2. The van der Waals surface area contributed by atoms with Gasteiger partial charge in [-0.1, -0.05) is 6.92 Å². The Bertz CT molecular complexity index is 518. The molecule has 1 aromatic rings. The van der Waals surface area contributed by atoms with E-state index < -0.39 is 5.79 Å². The highest BCUT2D eigenvalue weighted by Crippen LogP contribution is 2.31. The lowest BCUT2D eigenvalue weighted by Crippen LogP contribution is -2.50. The number of nitrogens with one attached hydrogen (secondary N) is 1. The molecular weight excluding hydrogens is 302 g/mol. The summed E-state index contributed by atoms with van der Waals surface area (Å²) >= 11 is 1.65. The maximum atomic E-state index is 12.3. The number of hydrogen-bond donors (Lipinski definition) is 1. The quantitative estimate of drug-likeness (QED) is 0.924. The van der Waals surface area contributed by atoms with E-state index >= 15 is 0 Å². The second-order valence-corrected chi connectivity index (χ2v) is 6.90. The molecular formula is C15H23N3O3S. The van der Waals surface area contributed by atoms with Crippen LogP contribution in [-0.2, 0) is 9.47 Å². The molecule has 1 atom stereocenters. The number of amides is 2. The molecule has 3 heterocycles. The lowest BCUT2D eigenvalue weighted by Gasteiger charge is -2.37. The van der Waals surface area contributed by atoms with Crippen molar-refractivity contribution in [2.45, 2.75) is 38.4 Å². The van der Waals surface area contributed by atoms with Crippen LogP contribution < -0.4 is 5.32 Å². The zero-order chi connectivity index (χ0) is 15.6. The smallest absolute Gasteiger partial charge is 0.317 e. The van der Waals surface area contributed by atoms with Crippen molar-refractivity contribution in [1.82, 2.24) is 15.2 Å². The van der Waals surface area contributed by atoms with E-state index in [-0.39, 0.29) is 11.9 Å². The lowest BCUT2D eigenvalue weighted by atomic mass is 10.0. The predicted octanol–water partition coefficient (Wildman–Crippen LogP) is 2.10. The van der Waals surface area contributed by atoms with Gasteiger partial charge in [-0.2, -0.15) is 0 Å². The third kappa shape index (κ3) is 3.42. The largest absolute Gasteiger partial charge is 0.347 e. The van der Waals surface area contributed by atoms with Gasteiger partial charge in [0.25, 0.3) is 0 Å². The summed E-state index contributed by atoms with van der Waals surface area (Å²) in [7, 11) is 0. The number of piperidine rings is 1. The molecule has 2 saturated heterocycles. The van der Waals surface area contributed by atoms with E-state index in [9.17, 15) is 4.79 Å². The second kappa shape index (κ2) is 6.52. The van der Waals surface area contributed by atoms with Crippen LogP contribution in [0.15, 0.2) is 5.38 Å². The SMILES string of the molecule is Cc1csc(C(C)CNC(=O)N2CCC3(CC2)OCCO3)n1. The maximum Gasteiger partial charge on any atom is 0.317 e. The van der Waals surface area contributed by atoms with Gasteiger partial charge in [0.2, 0.25) is 0 Å². The fourth-order valence-corrected chi connectivity index (χ4v) is 3.73. The summed E-state index contributed by atoms with van der Waals surface area (Å²) < 4.78 is 11.4. The fraction of sp³-hybridized carbons (Fsp3) is 0.733. The van der Waals surface area contributed by atoms with E-state index in [1.54, 1.807) is 11.3 Å². The summed E-state index contributed by atoms with van der Waals surface area (Å²) in [6.07, 6.45) is 1.50. The second-order valence-electron chi connectivity index (χ2n) is 6.01. The van der Waals surface area contributed by atoms with Gasteiger partial charge in [-0.05, 0) is 6.92 Å². The van der Waals surface area contributed by atoms with Crippen LogP contribution in [0.5, 0.6) is 0 Å².